The molecule has 0 saturated carbocycles. The fourth-order valence-corrected chi connectivity index (χ4v) is 5.12. The highest BCUT2D eigenvalue weighted by Crippen LogP contribution is 2.31. The Hall–Kier alpha value is -0.170. The lowest BCUT2D eigenvalue weighted by atomic mass is 9.85. The van der Waals surface area contributed by atoms with E-state index in [0.717, 1.165) is 25.7 Å². The molecular weight excluding hydrogens is 262 g/mol. The molecule has 112 valence electrons. The molecule has 0 amide bonds. The molecule has 5 nitrogen and oxygen atoms in total. The predicted octanol–water partition coefficient (Wildman–Crippen LogP) is 1.02. The molecule has 1 atom stereocenters. The van der Waals surface area contributed by atoms with Crippen LogP contribution in [0.4, 0.5) is 0 Å². The number of rotatable bonds is 3. The third-order valence-electron chi connectivity index (χ3n) is 4.33. The molecule has 0 spiro atoms. The highest BCUT2D eigenvalue weighted by Gasteiger charge is 2.38. The van der Waals surface area contributed by atoms with Crippen LogP contribution in [0, 0.1) is 11.3 Å². The van der Waals surface area contributed by atoms with Crippen molar-refractivity contribution in [3.8, 4) is 0 Å². The maximum Gasteiger partial charge on any atom is 0.282 e. The molecule has 2 aliphatic heterocycles. The van der Waals surface area contributed by atoms with Crippen LogP contribution >= 0.6 is 0 Å². The second-order valence-electron chi connectivity index (χ2n) is 6.71. The first-order valence-electron chi connectivity index (χ1n) is 7.30. The molecule has 2 rings (SSSR count). The molecule has 0 aromatic carbocycles. The normalized spacial score (nSPS) is 30.4. The first-order chi connectivity index (χ1) is 8.85. The van der Waals surface area contributed by atoms with Gasteiger partial charge in [-0.1, -0.05) is 13.8 Å². The Morgan fingerprint density at radius 2 is 1.89 bits per heavy atom. The highest BCUT2D eigenvalue weighted by molar-refractivity contribution is 7.86. The maximum atomic E-state index is 12.7. The van der Waals surface area contributed by atoms with Crippen molar-refractivity contribution in [2.75, 3.05) is 32.7 Å². The van der Waals surface area contributed by atoms with Crippen LogP contribution in [-0.2, 0) is 10.2 Å². The van der Waals surface area contributed by atoms with Crippen molar-refractivity contribution in [3.05, 3.63) is 0 Å². The lowest BCUT2D eigenvalue weighted by molar-refractivity contribution is 0.169. The van der Waals surface area contributed by atoms with Crippen molar-refractivity contribution in [2.24, 2.45) is 17.1 Å². The summed E-state index contributed by atoms with van der Waals surface area (Å²) >= 11 is 0. The van der Waals surface area contributed by atoms with E-state index in [2.05, 4.69) is 13.8 Å². The van der Waals surface area contributed by atoms with Gasteiger partial charge in [-0.15, -0.1) is 0 Å². The number of hydrogen-bond acceptors (Lipinski definition) is 3. The maximum absolute atomic E-state index is 12.7. The molecule has 6 heteroatoms. The lowest BCUT2D eigenvalue weighted by Gasteiger charge is -2.41. The summed E-state index contributed by atoms with van der Waals surface area (Å²) in [5.41, 5.74) is 5.79. The zero-order chi connectivity index (χ0) is 14.1. The van der Waals surface area contributed by atoms with Crippen LogP contribution in [0.3, 0.4) is 0 Å². The van der Waals surface area contributed by atoms with Crippen LogP contribution in [0.25, 0.3) is 0 Å². The molecule has 2 N–H and O–H groups in total. The Labute approximate surface area is 117 Å². The standard InChI is InChI=1S/C13H27N3O2S/c1-13(2)6-4-8-16(11-13)19(17,18)15-7-3-5-12(9-14)10-15/h12H,3-11,14H2,1-2H3. The van der Waals surface area contributed by atoms with Crippen molar-refractivity contribution in [3.63, 3.8) is 0 Å². The van der Waals surface area contributed by atoms with E-state index in [4.69, 9.17) is 5.73 Å². The van der Waals surface area contributed by atoms with E-state index in [9.17, 15) is 8.42 Å². The second kappa shape index (κ2) is 5.68. The minimum atomic E-state index is -3.29. The third-order valence-corrected chi connectivity index (χ3v) is 6.28. The zero-order valence-corrected chi connectivity index (χ0v) is 13.0. The fourth-order valence-electron chi connectivity index (χ4n) is 3.16. The molecule has 0 aromatic heterocycles. The number of nitrogens with two attached hydrogens (primary N) is 1. The van der Waals surface area contributed by atoms with Gasteiger partial charge in [0.05, 0.1) is 0 Å². The van der Waals surface area contributed by atoms with Gasteiger partial charge in [-0.2, -0.15) is 17.0 Å². The SMILES string of the molecule is CC1(C)CCCN(S(=O)(=O)N2CCCC(CN)C2)C1. The van der Waals surface area contributed by atoms with E-state index >= 15 is 0 Å². The summed E-state index contributed by atoms with van der Waals surface area (Å²) in [5, 5.41) is 0. The Kier molecular flexibility index (Phi) is 4.55. The average Bonchev–Trinajstić information content (AvgIpc) is 2.37. The Balaban J connectivity index is 2.08. The Morgan fingerprint density at radius 3 is 2.53 bits per heavy atom. The van der Waals surface area contributed by atoms with E-state index in [0.29, 0.717) is 38.6 Å². The third kappa shape index (κ3) is 3.48. The topological polar surface area (TPSA) is 66.6 Å². The monoisotopic (exact) mass is 289 g/mol. The molecule has 19 heavy (non-hydrogen) atoms. The quantitative estimate of drug-likeness (QED) is 0.843. The second-order valence-corrected chi connectivity index (χ2v) is 8.64. The molecule has 0 aromatic rings. The largest absolute Gasteiger partial charge is 0.330 e. The van der Waals surface area contributed by atoms with Crippen molar-refractivity contribution in [1.29, 1.82) is 0 Å². The Bertz CT molecular complexity index is 408. The van der Waals surface area contributed by atoms with Gasteiger partial charge < -0.3 is 5.73 Å². The predicted molar refractivity (Wildman–Crippen MR) is 76.9 cm³/mol. The van der Waals surface area contributed by atoms with Gasteiger partial charge in [-0.25, -0.2) is 0 Å². The fraction of sp³-hybridized carbons (Fsp3) is 1.00. The Morgan fingerprint density at radius 1 is 1.21 bits per heavy atom. The number of hydrogen-bond donors (Lipinski definition) is 1. The van der Waals surface area contributed by atoms with Gasteiger partial charge in [0.2, 0.25) is 0 Å². The van der Waals surface area contributed by atoms with Crippen molar-refractivity contribution < 1.29 is 8.42 Å². The smallest absolute Gasteiger partial charge is 0.282 e. The molecule has 0 aliphatic carbocycles. The summed E-state index contributed by atoms with van der Waals surface area (Å²) in [7, 11) is -3.29. The van der Waals surface area contributed by atoms with Crippen LogP contribution in [0.5, 0.6) is 0 Å². The molecule has 1 unspecified atom stereocenters. The minimum Gasteiger partial charge on any atom is -0.330 e. The zero-order valence-electron chi connectivity index (χ0n) is 12.1. The lowest BCUT2D eigenvalue weighted by Crippen LogP contribution is -2.52. The first-order valence-corrected chi connectivity index (χ1v) is 8.70. The van der Waals surface area contributed by atoms with Crippen molar-refractivity contribution in [2.45, 2.75) is 39.5 Å². The molecule has 0 radical (unpaired) electrons. The van der Waals surface area contributed by atoms with Crippen LogP contribution in [0.15, 0.2) is 0 Å². The van der Waals surface area contributed by atoms with Crippen LogP contribution < -0.4 is 5.73 Å². The summed E-state index contributed by atoms with van der Waals surface area (Å²) in [6.07, 6.45) is 4.04. The first kappa shape index (κ1) is 15.2. The van der Waals surface area contributed by atoms with Gasteiger partial charge in [0.25, 0.3) is 10.2 Å². The summed E-state index contributed by atoms with van der Waals surface area (Å²) in [6.45, 7) is 7.42. The van der Waals surface area contributed by atoms with E-state index in [1.54, 1.807) is 8.61 Å². The molecule has 2 saturated heterocycles. The van der Waals surface area contributed by atoms with E-state index in [1.807, 2.05) is 0 Å². The van der Waals surface area contributed by atoms with E-state index < -0.39 is 10.2 Å². The van der Waals surface area contributed by atoms with Gasteiger partial charge in [0.15, 0.2) is 0 Å². The molecule has 2 fully saturated rings. The molecule has 2 aliphatic rings. The molecular formula is C13H27N3O2S. The summed E-state index contributed by atoms with van der Waals surface area (Å²) in [6, 6.07) is 0. The van der Waals surface area contributed by atoms with Gasteiger partial charge in [-0.05, 0) is 43.6 Å². The van der Waals surface area contributed by atoms with Crippen molar-refractivity contribution in [1.82, 2.24) is 8.61 Å². The summed E-state index contributed by atoms with van der Waals surface area (Å²) in [4.78, 5) is 0. The van der Waals surface area contributed by atoms with Gasteiger partial charge in [0.1, 0.15) is 0 Å². The van der Waals surface area contributed by atoms with Crippen LogP contribution in [0.1, 0.15) is 39.5 Å². The van der Waals surface area contributed by atoms with Gasteiger partial charge in [0, 0.05) is 26.2 Å². The van der Waals surface area contributed by atoms with Crippen molar-refractivity contribution >= 4 is 10.2 Å². The number of nitrogens with zero attached hydrogens (tertiary/aromatic N) is 2. The van der Waals surface area contributed by atoms with Gasteiger partial charge in [-0.3, -0.25) is 0 Å². The average molecular weight is 289 g/mol. The number of piperidine rings is 2. The minimum absolute atomic E-state index is 0.0916. The van der Waals surface area contributed by atoms with Gasteiger partial charge >= 0.3 is 0 Å². The molecule has 0 bridgehead atoms. The highest BCUT2D eigenvalue weighted by atomic mass is 32.2. The van der Waals surface area contributed by atoms with E-state index in [-0.39, 0.29) is 5.41 Å². The van der Waals surface area contributed by atoms with Crippen LogP contribution in [-0.4, -0.2) is 49.8 Å². The summed E-state index contributed by atoms with van der Waals surface area (Å²) in [5.74, 6) is 0.321. The van der Waals surface area contributed by atoms with E-state index in [1.165, 1.54) is 0 Å². The molecule has 2 heterocycles. The van der Waals surface area contributed by atoms with Crippen LogP contribution in [0.2, 0.25) is 0 Å². The summed E-state index contributed by atoms with van der Waals surface area (Å²) < 4.78 is 28.7.